The topological polar surface area (TPSA) is 20.2 Å². The van der Waals surface area contributed by atoms with Gasteiger partial charge in [0.15, 0.2) is 0 Å². The Hall–Kier alpha value is 0.240. The zero-order chi connectivity index (χ0) is 10.0. The molecule has 1 atom stereocenters. The molecule has 1 aromatic rings. The maximum absolute atomic E-state index is 9.53. The SMILES string of the molecule is Cc1ccc(C(O)C(Cl)Cl)cc1Br. The summed E-state index contributed by atoms with van der Waals surface area (Å²) in [6.07, 6.45) is -0.833. The van der Waals surface area contributed by atoms with E-state index in [2.05, 4.69) is 15.9 Å². The maximum atomic E-state index is 9.53. The summed E-state index contributed by atoms with van der Waals surface area (Å²) in [6, 6.07) is 5.53. The number of aryl methyl sites for hydroxylation is 1. The van der Waals surface area contributed by atoms with Gasteiger partial charge in [0, 0.05) is 4.47 Å². The summed E-state index contributed by atoms with van der Waals surface area (Å²) >= 11 is 14.5. The van der Waals surface area contributed by atoms with Gasteiger partial charge in [-0.15, -0.1) is 23.2 Å². The molecule has 0 spiro atoms. The van der Waals surface area contributed by atoms with E-state index in [0.717, 1.165) is 10.0 Å². The zero-order valence-electron chi connectivity index (χ0n) is 6.97. The van der Waals surface area contributed by atoms with Crippen molar-refractivity contribution in [3.8, 4) is 0 Å². The number of halogens is 3. The summed E-state index contributed by atoms with van der Waals surface area (Å²) in [6.45, 7) is 1.97. The second-order valence-electron chi connectivity index (χ2n) is 2.79. The van der Waals surface area contributed by atoms with Crippen molar-refractivity contribution in [1.82, 2.24) is 0 Å². The van der Waals surface area contributed by atoms with Crippen molar-refractivity contribution < 1.29 is 5.11 Å². The number of benzene rings is 1. The van der Waals surface area contributed by atoms with Crippen molar-refractivity contribution in [2.75, 3.05) is 0 Å². The molecule has 0 aliphatic carbocycles. The average Bonchev–Trinajstić information content (AvgIpc) is 2.08. The highest BCUT2D eigenvalue weighted by Gasteiger charge is 2.15. The lowest BCUT2D eigenvalue weighted by Crippen LogP contribution is -2.05. The third-order valence-corrected chi connectivity index (χ3v) is 3.11. The molecule has 1 aromatic carbocycles. The van der Waals surface area contributed by atoms with Crippen LogP contribution in [0.1, 0.15) is 17.2 Å². The molecule has 72 valence electrons. The Morgan fingerprint density at radius 3 is 2.46 bits per heavy atom. The minimum atomic E-state index is -0.833. The predicted molar refractivity (Wildman–Crippen MR) is 59.3 cm³/mol. The minimum absolute atomic E-state index is 0.715. The first kappa shape index (κ1) is 11.3. The Bertz CT molecular complexity index is 302. The van der Waals surface area contributed by atoms with Gasteiger partial charge in [-0.3, -0.25) is 0 Å². The van der Waals surface area contributed by atoms with Crippen LogP contribution in [0.25, 0.3) is 0 Å². The van der Waals surface area contributed by atoms with E-state index < -0.39 is 10.9 Å². The molecule has 0 aromatic heterocycles. The summed E-state index contributed by atoms with van der Waals surface area (Å²) in [7, 11) is 0. The average molecular weight is 284 g/mol. The van der Waals surface area contributed by atoms with E-state index in [9.17, 15) is 5.11 Å². The van der Waals surface area contributed by atoms with Gasteiger partial charge in [-0.2, -0.15) is 0 Å². The lowest BCUT2D eigenvalue weighted by atomic mass is 10.1. The van der Waals surface area contributed by atoms with Crippen molar-refractivity contribution in [3.63, 3.8) is 0 Å². The van der Waals surface area contributed by atoms with Crippen LogP contribution < -0.4 is 0 Å². The Labute approximate surface area is 95.8 Å². The zero-order valence-corrected chi connectivity index (χ0v) is 10.1. The largest absolute Gasteiger partial charge is 0.386 e. The van der Waals surface area contributed by atoms with Crippen LogP contribution >= 0.6 is 39.1 Å². The molecule has 1 N–H and O–H groups in total. The fourth-order valence-electron chi connectivity index (χ4n) is 0.939. The molecule has 0 saturated heterocycles. The van der Waals surface area contributed by atoms with Gasteiger partial charge in [-0.05, 0) is 24.1 Å². The molecule has 4 heteroatoms. The van der Waals surface area contributed by atoms with Gasteiger partial charge in [-0.25, -0.2) is 0 Å². The Kier molecular flexibility index (Phi) is 4.05. The van der Waals surface area contributed by atoms with Crippen LogP contribution in [0.3, 0.4) is 0 Å². The van der Waals surface area contributed by atoms with E-state index in [1.807, 2.05) is 25.1 Å². The van der Waals surface area contributed by atoms with E-state index in [1.165, 1.54) is 0 Å². The van der Waals surface area contributed by atoms with E-state index in [0.29, 0.717) is 5.56 Å². The molecule has 0 aliphatic heterocycles. The van der Waals surface area contributed by atoms with Crippen molar-refractivity contribution in [1.29, 1.82) is 0 Å². The van der Waals surface area contributed by atoms with Crippen molar-refractivity contribution in [2.24, 2.45) is 0 Å². The predicted octanol–water partition coefficient (Wildman–Crippen LogP) is 3.59. The third-order valence-electron chi connectivity index (χ3n) is 1.78. The smallest absolute Gasteiger partial charge is 0.137 e. The Morgan fingerprint density at radius 1 is 1.38 bits per heavy atom. The molecule has 0 aliphatic rings. The highest BCUT2D eigenvalue weighted by molar-refractivity contribution is 9.10. The number of aliphatic hydroxyl groups is 1. The molecular weight excluding hydrogens is 275 g/mol. The van der Waals surface area contributed by atoms with E-state index in [4.69, 9.17) is 23.2 Å². The monoisotopic (exact) mass is 282 g/mol. The lowest BCUT2D eigenvalue weighted by Gasteiger charge is -2.12. The standard InChI is InChI=1S/C9H9BrCl2O/c1-5-2-3-6(4-7(5)10)8(13)9(11)12/h2-4,8-9,13H,1H3. The van der Waals surface area contributed by atoms with Crippen molar-refractivity contribution >= 4 is 39.1 Å². The summed E-state index contributed by atoms with van der Waals surface area (Å²) in [5, 5.41) is 9.53. The van der Waals surface area contributed by atoms with Gasteiger partial charge in [0.05, 0.1) is 0 Å². The van der Waals surface area contributed by atoms with Crippen LogP contribution in [0.5, 0.6) is 0 Å². The van der Waals surface area contributed by atoms with E-state index in [-0.39, 0.29) is 0 Å². The molecule has 0 fully saturated rings. The fourth-order valence-corrected chi connectivity index (χ4v) is 1.63. The quantitative estimate of drug-likeness (QED) is 0.823. The van der Waals surface area contributed by atoms with Gasteiger partial charge in [0.25, 0.3) is 0 Å². The molecule has 1 rings (SSSR count). The lowest BCUT2D eigenvalue weighted by molar-refractivity contribution is 0.193. The first-order chi connectivity index (χ1) is 6.02. The summed E-state index contributed by atoms with van der Waals surface area (Å²) in [5.41, 5.74) is 1.82. The van der Waals surface area contributed by atoms with Crippen LogP contribution in [0.15, 0.2) is 22.7 Å². The number of rotatable bonds is 2. The molecular formula is C9H9BrCl2O. The second kappa shape index (κ2) is 4.65. The van der Waals surface area contributed by atoms with Crippen molar-refractivity contribution in [2.45, 2.75) is 17.9 Å². The van der Waals surface area contributed by atoms with E-state index >= 15 is 0 Å². The van der Waals surface area contributed by atoms with Gasteiger partial charge >= 0.3 is 0 Å². The van der Waals surface area contributed by atoms with Crippen LogP contribution in [-0.4, -0.2) is 9.94 Å². The normalized spacial score (nSPS) is 13.4. The molecule has 13 heavy (non-hydrogen) atoms. The van der Waals surface area contributed by atoms with Gasteiger partial charge in [-0.1, -0.05) is 28.1 Å². The number of hydrogen-bond donors (Lipinski definition) is 1. The maximum Gasteiger partial charge on any atom is 0.137 e. The molecule has 0 bridgehead atoms. The molecule has 0 amide bonds. The molecule has 1 unspecified atom stereocenters. The Morgan fingerprint density at radius 2 is 2.00 bits per heavy atom. The van der Waals surface area contributed by atoms with Gasteiger partial charge in [0.1, 0.15) is 10.9 Å². The highest BCUT2D eigenvalue weighted by atomic mass is 79.9. The third kappa shape index (κ3) is 2.84. The molecule has 0 heterocycles. The minimum Gasteiger partial charge on any atom is -0.386 e. The van der Waals surface area contributed by atoms with E-state index in [1.54, 1.807) is 0 Å². The number of aliphatic hydroxyl groups excluding tert-OH is 1. The number of hydrogen-bond acceptors (Lipinski definition) is 1. The van der Waals surface area contributed by atoms with Crippen molar-refractivity contribution in [3.05, 3.63) is 33.8 Å². The highest BCUT2D eigenvalue weighted by Crippen LogP contribution is 2.27. The van der Waals surface area contributed by atoms with Crippen LogP contribution in [-0.2, 0) is 0 Å². The summed E-state index contributed by atoms with van der Waals surface area (Å²) < 4.78 is 0.943. The summed E-state index contributed by atoms with van der Waals surface area (Å²) in [4.78, 5) is -0.797. The molecule has 0 saturated carbocycles. The van der Waals surface area contributed by atoms with Crippen LogP contribution in [0, 0.1) is 6.92 Å². The number of alkyl halides is 2. The van der Waals surface area contributed by atoms with Gasteiger partial charge in [0.2, 0.25) is 0 Å². The summed E-state index contributed by atoms with van der Waals surface area (Å²) in [5.74, 6) is 0. The molecule has 1 nitrogen and oxygen atoms in total. The van der Waals surface area contributed by atoms with Crippen LogP contribution in [0.4, 0.5) is 0 Å². The first-order valence-electron chi connectivity index (χ1n) is 3.74. The van der Waals surface area contributed by atoms with Gasteiger partial charge < -0.3 is 5.11 Å². The first-order valence-corrected chi connectivity index (χ1v) is 5.41. The molecule has 0 radical (unpaired) electrons. The Balaban J connectivity index is 2.97. The second-order valence-corrected chi connectivity index (χ2v) is 4.81. The fraction of sp³-hybridized carbons (Fsp3) is 0.333. The van der Waals surface area contributed by atoms with Crippen LogP contribution in [0.2, 0.25) is 0 Å².